The van der Waals surface area contributed by atoms with Gasteiger partial charge in [0.25, 0.3) is 0 Å². The van der Waals surface area contributed by atoms with Gasteiger partial charge in [-0.2, -0.15) is 0 Å². The molecule has 2 fully saturated rings. The van der Waals surface area contributed by atoms with E-state index in [1.54, 1.807) is 0 Å². The maximum Gasteiger partial charge on any atom is 0.417 e. The van der Waals surface area contributed by atoms with Crippen molar-refractivity contribution in [3.8, 4) is 0 Å². The Labute approximate surface area is 138 Å². The number of piperidine rings is 1. The number of ether oxygens (including phenoxy) is 1. The highest BCUT2D eigenvalue weighted by molar-refractivity contribution is 9.10. The third-order valence-corrected chi connectivity index (χ3v) is 4.86. The molecule has 1 heterocycles. The molecule has 118 valence electrons. The predicted octanol–water partition coefficient (Wildman–Crippen LogP) is 4.09. The van der Waals surface area contributed by atoms with Crippen molar-refractivity contribution in [3.63, 3.8) is 0 Å². The minimum Gasteiger partial charge on any atom is -0.443 e. The molecule has 3 atom stereocenters. The summed E-state index contributed by atoms with van der Waals surface area (Å²) in [7, 11) is 0. The minimum atomic E-state index is -0.591. The average molecular weight is 366 g/mol. The highest BCUT2D eigenvalue weighted by atomic mass is 79.9. The molecule has 0 radical (unpaired) electrons. The summed E-state index contributed by atoms with van der Waals surface area (Å²) in [4.78, 5) is 26.1. The van der Waals surface area contributed by atoms with Gasteiger partial charge >= 0.3 is 6.09 Å². The number of nitrogens with zero attached hydrogens (tertiary/aromatic N) is 1. The summed E-state index contributed by atoms with van der Waals surface area (Å²) in [5, 5.41) is 0. The van der Waals surface area contributed by atoms with Crippen molar-refractivity contribution in [2.45, 2.75) is 51.2 Å². The van der Waals surface area contributed by atoms with E-state index in [9.17, 15) is 9.59 Å². The third kappa shape index (κ3) is 2.78. The molecule has 1 saturated carbocycles. The summed E-state index contributed by atoms with van der Waals surface area (Å²) in [6.07, 6.45) is 1.07. The van der Waals surface area contributed by atoms with Crippen LogP contribution in [0.2, 0.25) is 0 Å². The molecule has 1 saturated heterocycles. The van der Waals surface area contributed by atoms with E-state index >= 15 is 0 Å². The molecule has 0 N–H and O–H groups in total. The van der Waals surface area contributed by atoms with E-state index in [0.29, 0.717) is 0 Å². The Balaban J connectivity index is 1.82. The lowest BCUT2D eigenvalue weighted by Crippen LogP contribution is -2.47. The zero-order valence-electron chi connectivity index (χ0n) is 13.0. The van der Waals surface area contributed by atoms with E-state index in [-0.39, 0.29) is 23.8 Å². The molecule has 0 aromatic heterocycles. The zero-order valence-corrected chi connectivity index (χ0v) is 14.6. The van der Waals surface area contributed by atoms with E-state index in [1.807, 2.05) is 32.9 Å². The van der Waals surface area contributed by atoms with Crippen LogP contribution >= 0.6 is 15.9 Å². The van der Waals surface area contributed by atoms with Gasteiger partial charge in [0.2, 0.25) is 5.91 Å². The van der Waals surface area contributed by atoms with Gasteiger partial charge in [-0.1, -0.05) is 28.1 Å². The Hall–Kier alpha value is -1.36. The van der Waals surface area contributed by atoms with Gasteiger partial charge in [-0.05, 0) is 51.3 Å². The number of amides is 2. The number of carbonyl (C=O) groups excluding carboxylic acids is 2. The van der Waals surface area contributed by atoms with Crippen LogP contribution in [0, 0.1) is 5.92 Å². The van der Waals surface area contributed by atoms with Crippen molar-refractivity contribution in [2.24, 2.45) is 5.92 Å². The number of halogens is 1. The lowest BCUT2D eigenvalue weighted by atomic mass is 9.90. The SMILES string of the molecule is CC(C)(C)OC(=O)N1C(=O)[C@H]2C[C@H](c3ccc(Br)cc3)[C@@H]1C2. The van der Waals surface area contributed by atoms with E-state index in [2.05, 4.69) is 28.1 Å². The summed E-state index contributed by atoms with van der Waals surface area (Å²) in [5.74, 6) is 0.0853. The van der Waals surface area contributed by atoms with Crippen LogP contribution in [0.15, 0.2) is 28.7 Å². The number of carbonyl (C=O) groups is 2. The summed E-state index contributed by atoms with van der Waals surface area (Å²) in [6, 6.07) is 8.05. The lowest BCUT2D eigenvalue weighted by molar-refractivity contribution is -0.133. The molecule has 2 bridgehead atoms. The fraction of sp³-hybridized carbons (Fsp3) is 0.529. The molecule has 1 aromatic carbocycles. The number of benzene rings is 1. The van der Waals surface area contributed by atoms with Gasteiger partial charge in [-0.3, -0.25) is 4.79 Å². The monoisotopic (exact) mass is 365 g/mol. The summed E-state index contributed by atoms with van der Waals surface area (Å²) in [6.45, 7) is 5.45. The minimum absolute atomic E-state index is 0.0498. The molecular formula is C17H20BrNO3. The molecule has 22 heavy (non-hydrogen) atoms. The molecule has 1 aliphatic heterocycles. The van der Waals surface area contributed by atoms with Crippen LogP contribution in [0.4, 0.5) is 4.79 Å². The normalized spacial score (nSPS) is 27.4. The maximum absolute atomic E-state index is 12.4. The summed E-state index contributed by atoms with van der Waals surface area (Å²) >= 11 is 3.43. The number of hydrogen-bond donors (Lipinski definition) is 0. The molecule has 4 nitrogen and oxygen atoms in total. The fourth-order valence-electron chi connectivity index (χ4n) is 3.47. The first-order valence-corrected chi connectivity index (χ1v) is 8.37. The van der Waals surface area contributed by atoms with E-state index in [0.717, 1.165) is 17.3 Å². The fourth-order valence-corrected chi connectivity index (χ4v) is 3.73. The molecule has 5 heteroatoms. The first-order valence-electron chi connectivity index (χ1n) is 7.58. The van der Waals surface area contributed by atoms with Crippen LogP contribution in [0.3, 0.4) is 0 Å². The van der Waals surface area contributed by atoms with Gasteiger partial charge in [-0.25, -0.2) is 9.69 Å². The summed E-state index contributed by atoms with van der Waals surface area (Å²) < 4.78 is 6.43. The molecule has 0 spiro atoms. The van der Waals surface area contributed by atoms with Crippen LogP contribution in [-0.4, -0.2) is 28.5 Å². The van der Waals surface area contributed by atoms with Gasteiger partial charge in [0.15, 0.2) is 0 Å². The number of fused-ring (bicyclic) bond motifs is 2. The van der Waals surface area contributed by atoms with E-state index < -0.39 is 11.7 Å². The second kappa shape index (κ2) is 5.37. The predicted molar refractivity (Wildman–Crippen MR) is 86.5 cm³/mol. The molecule has 1 aromatic rings. The number of rotatable bonds is 1. The second-order valence-corrected chi connectivity index (χ2v) is 8.00. The van der Waals surface area contributed by atoms with Gasteiger partial charge in [0.1, 0.15) is 5.60 Å². The first kappa shape index (κ1) is 15.5. The average Bonchev–Trinajstić information content (AvgIpc) is 2.95. The van der Waals surface area contributed by atoms with Gasteiger partial charge in [-0.15, -0.1) is 0 Å². The molecule has 2 aliphatic rings. The first-order chi connectivity index (χ1) is 10.3. The zero-order chi connectivity index (χ0) is 16.1. The number of likely N-dealkylation sites (tertiary alicyclic amines) is 1. The van der Waals surface area contributed by atoms with Crippen LogP contribution in [-0.2, 0) is 9.53 Å². The largest absolute Gasteiger partial charge is 0.443 e. The highest BCUT2D eigenvalue weighted by Gasteiger charge is 2.54. The van der Waals surface area contributed by atoms with E-state index in [1.165, 1.54) is 10.5 Å². The Morgan fingerprint density at radius 2 is 1.86 bits per heavy atom. The quantitative estimate of drug-likeness (QED) is 0.752. The van der Waals surface area contributed by atoms with Crippen LogP contribution in [0.25, 0.3) is 0 Å². The van der Waals surface area contributed by atoms with Crippen molar-refractivity contribution >= 4 is 27.9 Å². The van der Waals surface area contributed by atoms with Gasteiger partial charge < -0.3 is 4.74 Å². The van der Waals surface area contributed by atoms with Crippen molar-refractivity contribution in [1.29, 1.82) is 0 Å². The number of imide groups is 1. The smallest absolute Gasteiger partial charge is 0.417 e. The van der Waals surface area contributed by atoms with Crippen molar-refractivity contribution in [2.75, 3.05) is 0 Å². The van der Waals surface area contributed by atoms with Crippen molar-refractivity contribution in [1.82, 2.24) is 4.90 Å². The Morgan fingerprint density at radius 1 is 1.23 bits per heavy atom. The lowest BCUT2D eigenvalue weighted by Gasteiger charge is -2.33. The van der Waals surface area contributed by atoms with Crippen LogP contribution in [0.5, 0.6) is 0 Å². The molecule has 1 aliphatic carbocycles. The van der Waals surface area contributed by atoms with Gasteiger partial charge in [0, 0.05) is 16.3 Å². The maximum atomic E-state index is 12.4. The van der Waals surface area contributed by atoms with Crippen molar-refractivity contribution in [3.05, 3.63) is 34.3 Å². The van der Waals surface area contributed by atoms with Crippen LogP contribution < -0.4 is 0 Å². The topological polar surface area (TPSA) is 46.6 Å². The van der Waals surface area contributed by atoms with Crippen LogP contribution in [0.1, 0.15) is 45.1 Å². The standard InChI is InChI=1S/C17H20BrNO3/c1-17(2,3)22-16(21)19-14-9-11(15(19)20)8-13(14)10-4-6-12(18)7-5-10/h4-7,11,13-14H,8-9H2,1-3H3/t11-,13+,14-/m0/s1. The van der Waals surface area contributed by atoms with Gasteiger partial charge in [0.05, 0.1) is 6.04 Å². The Kier molecular flexibility index (Phi) is 3.79. The second-order valence-electron chi connectivity index (χ2n) is 7.08. The molecule has 0 unspecified atom stereocenters. The Bertz CT molecular complexity index is 605. The summed E-state index contributed by atoms with van der Waals surface area (Å²) in [5.41, 5.74) is 0.587. The molecule has 3 rings (SSSR count). The molecular weight excluding hydrogens is 346 g/mol. The number of hydrogen-bond acceptors (Lipinski definition) is 3. The third-order valence-electron chi connectivity index (χ3n) is 4.34. The van der Waals surface area contributed by atoms with Crippen molar-refractivity contribution < 1.29 is 14.3 Å². The molecule has 2 amide bonds. The highest BCUT2D eigenvalue weighted by Crippen LogP contribution is 2.48. The Morgan fingerprint density at radius 3 is 2.41 bits per heavy atom. The van der Waals surface area contributed by atoms with E-state index in [4.69, 9.17) is 4.74 Å².